The Balaban J connectivity index is 1.63. The highest BCUT2D eigenvalue weighted by molar-refractivity contribution is 5.96. The van der Waals surface area contributed by atoms with Gasteiger partial charge in [-0.3, -0.25) is 4.79 Å². The topological polar surface area (TPSA) is 36.9 Å². The van der Waals surface area contributed by atoms with Crippen molar-refractivity contribution in [3.63, 3.8) is 0 Å². The molecule has 0 radical (unpaired) electrons. The Morgan fingerprint density at radius 1 is 1.26 bits per heavy atom. The molecule has 0 saturated heterocycles. The second-order valence-electron chi connectivity index (χ2n) is 5.82. The van der Waals surface area contributed by atoms with E-state index in [1.165, 1.54) is 17.7 Å². The number of hydrogen-bond acceptors (Lipinski definition) is 1. The number of carbonyl (C=O) groups excluding carboxylic acids is 1. The van der Waals surface area contributed by atoms with Crippen molar-refractivity contribution in [3.05, 3.63) is 65.2 Å². The Kier molecular flexibility index (Phi) is 4.39. The number of halogens is 2. The molecule has 0 aliphatic carbocycles. The van der Waals surface area contributed by atoms with E-state index in [1.54, 1.807) is 10.2 Å². The van der Waals surface area contributed by atoms with Crippen molar-refractivity contribution in [1.29, 1.82) is 0 Å². The van der Waals surface area contributed by atoms with Gasteiger partial charge in [0.25, 0.3) is 5.91 Å². The molecule has 2 aromatic carbocycles. The molecule has 1 heterocycles. The van der Waals surface area contributed by atoms with Crippen LogP contribution in [0, 0.1) is 11.6 Å². The number of amides is 1. The molecule has 1 amide bonds. The van der Waals surface area contributed by atoms with E-state index in [0.717, 1.165) is 18.2 Å². The summed E-state index contributed by atoms with van der Waals surface area (Å²) in [6.07, 6.45) is 0.865. The third-order valence-corrected chi connectivity index (χ3v) is 4.29. The van der Waals surface area contributed by atoms with Gasteiger partial charge in [0.15, 0.2) is 6.54 Å². The van der Waals surface area contributed by atoms with Crippen LogP contribution in [-0.2, 0) is 11.2 Å². The van der Waals surface area contributed by atoms with E-state index in [4.69, 9.17) is 0 Å². The molecule has 0 saturated carbocycles. The van der Waals surface area contributed by atoms with Crippen molar-refractivity contribution in [2.45, 2.75) is 19.4 Å². The lowest BCUT2D eigenvalue weighted by atomic mass is 10.1. The minimum atomic E-state index is -0.594. The Hall–Kier alpha value is -2.27. The fraction of sp³-hybridized carbons (Fsp3) is 0.278. The first kappa shape index (κ1) is 15.6. The zero-order valence-corrected chi connectivity index (χ0v) is 12.9. The number of hydrogen-bond donors (Lipinski definition) is 1. The third-order valence-electron chi connectivity index (χ3n) is 4.29. The Labute approximate surface area is 133 Å². The van der Waals surface area contributed by atoms with Gasteiger partial charge < -0.3 is 10.2 Å². The zero-order valence-electron chi connectivity index (χ0n) is 12.9. The summed E-state index contributed by atoms with van der Waals surface area (Å²) in [6.45, 7) is 2.72. The van der Waals surface area contributed by atoms with Crippen molar-refractivity contribution in [2.75, 3.05) is 18.0 Å². The molecule has 0 fully saturated rings. The van der Waals surface area contributed by atoms with Gasteiger partial charge in [-0.05, 0) is 37.1 Å². The Morgan fingerprint density at radius 3 is 2.83 bits per heavy atom. The van der Waals surface area contributed by atoms with Gasteiger partial charge in [-0.2, -0.15) is 0 Å². The highest BCUT2D eigenvalue weighted by Crippen LogP contribution is 2.27. The van der Waals surface area contributed by atoms with Gasteiger partial charge in [-0.1, -0.05) is 18.2 Å². The quantitative estimate of drug-likeness (QED) is 0.922. The average Bonchev–Trinajstić information content (AvgIpc) is 2.96. The lowest BCUT2D eigenvalue weighted by molar-refractivity contribution is -0.682. The first-order valence-corrected chi connectivity index (χ1v) is 7.73. The van der Waals surface area contributed by atoms with Crippen LogP contribution < -0.4 is 10.2 Å². The van der Waals surface area contributed by atoms with E-state index < -0.39 is 11.6 Å². The highest BCUT2D eigenvalue weighted by Gasteiger charge is 2.26. The monoisotopic (exact) mass is 317 g/mol. The second-order valence-corrected chi connectivity index (χ2v) is 5.82. The molecule has 1 aliphatic rings. The number of anilines is 1. The summed E-state index contributed by atoms with van der Waals surface area (Å²) in [5.74, 6) is -1.17. The summed E-state index contributed by atoms with van der Waals surface area (Å²) in [4.78, 5) is 14.2. The number of rotatable bonds is 4. The molecular weight excluding hydrogens is 298 g/mol. The van der Waals surface area contributed by atoms with Gasteiger partial charge in [0, 0.05) is 23.9 Å². The Bertz CT molecular complexity index is 733. The van der Waals surface area contributed by atoms with Crippen LogP contribution in [0.15, 0.2) is 42.5 Å². The SMILES string of the molecule is C[C@H]([NH2+]CC(=O)N1CCc2ccccc21)c1ccc(F)cc1F. The van der Waals surface area contributed by atoms with E-state index in [9.17, 15) is 13.6 Å². The summed E-state index contributed by atoms with van der Waals surface area (Å²) in [7, 11) is 0. The lowest BCUT2D eigenvalue weighted by Crippen LogP contribution is -2.87. The number of nitrogens with zero attached hydrogens (tertiary/aromatic N) is 1. The second kappa shape index (κ2) is 6.46. The number of nitrogens with two attached hydrogens (primary N) is 1. The van der Waals surface area contributed by atoms with Crippen molar-refractivity contribution in [3.8, 4) is 0 Å². The fourth-order valence-electron chi connectivity index (χ4n) is 2.98. The minimum absolute atomic E-state index is 0.00400. The summed E-state index contributed by atoms with van der Waals surface area (Å²) in [5.41, 5.74) is 2.55. The van der Waals surface area contributed by atoms with Crippen molar-refractivity contribution in [2.24, 2.45) is 0 Å². The molecule has 0 bridgehead atoms. The lowest BCUT2D eigenvalue weighted by Gasteiger charge is -2.18. The zero-order chi connectivity index (χ0) is 16.4. The van der Waals surface area contributed by atoms with Crippen molar-refractivity contribution in [1.82, 2.24) is 0 Å². The standard InChI is InChI=1S/C18H18F2N2O/c1-12(15-7-6-14(19)10-16(15)20)21-11-18(23)22-9-8-13-4-2-3-5-17(13)22/h2-7,10,12,21H,8-9,11H2,1H3/p+1/t12-/m0/s1. The maximum Gasteiger partial charge on any atom is 0.282 e. The molecule has 3 nitrogen and oxygen atoms in total. The van der Waals surface area contributed by atoms with Gasteiger partial charge in [-0.15, -0.1) is 0 Å². The number of quaternary nitrogens is 1. The van der Waals surface area contributed by atoms with Crippen molar-refractivity contribution < 1.29 is 18.9 Å². The first-order valence-electron chi connectivity index (χ1n) is 7.73. The van der Waals surface area contributed by atoms with Gasteiger partial charge >= 0.3 is 0 Å². The largest absolute Gasteiger partial charge is 0.332 e. The molecule has 2 N–H and O–H groups in total. The molecule has 0 unspecified atom stereocenters. The van der Waals surface area contributed by atoms with Crippen LogP contribution in [0.5, 0.6) is 0 Å². The predicted octanol–water partition coefficient (Wildman–Crippen LogP) is 2.18. The maximum absolute atomic E-state index is 13.8. The normalized spacial score (nSPS) is 14.7. The highest BCUT2D eigenvalue weighted by atomic mass is 19.1. The van der Waals surface area contributed by atoms with Crippen LogP contribution in [0.25, 0.3) is 0 Å². The molecule has 3 rings (SSSR count). The van der Waals surface area contributed by atoms with Crippen LogP contribution >= 0.6 is 0 Å². The maximum atomic E-state index is 13.8. The van der Waals surface area contributed by atoms with E-state index in [1.807, 2.05) is 31.2 Å². The van der Waals surface area contributed by atoms with Crippen LogP contribution in [0.1, 0.15) is 24.1 Å². The molecule has 1 aliphatic heterocycles. The molecular formula is C18H19F2N2O+. The summed E-state index contributed by atoms with van der Waals surface area (Å²) >= 11 is 0. The summed E-state index contributed by atoms with van der Waals surface area (Å²) in [5, 5.41) is 1.78. The molecule has 120 valence electrons. The predicted molar refractivity (Wildman–Crippen MR) is 84.1 cm³/mol. The third kappa shape index (κ3) is 3.24. The van der Waals surface area contributed by atoms with Gasteiger partial charge in [0.1, 0.15) is 17.7 Å². The molecule has 0 spiro atoms. The molecule has 23 heavy (non-hydrogen) atoms. The van der Waals surface area contributed by atoms with E-state index >= 15 is 0 Å². The average molecular weight is 317 g/mol. The van der Waals surface area contributed by atoms with E-state index in [-0.39, 0.29) is 18.5 Å². The van der Waals surface area contributed by atoms with Crippen LogP contribution in [0.2, 0.25) is 0 Å². The molecule has 5 heteroatoms. The summed E-state index contributed by atoms with van der Waals surface area (Å²) in [6, 6.07) is 11.2. The number of fused-ring (bicyclic) bond motifs is 1. The van der Waals surface area contributed by atoms with Crippen LogP contribution in [0.3, 0.4) is 0 Å². The van der Waals surface area contributed by atoms with Gasteiger partial charge in [-0.25, -0.2) is 8.78 Å². The fourth-order valence-corrected chi connectivity index (χ4v) is 2.98. The number of para-hydroxylation sites is 1. The van der Waals surface area contributed by atoms with Crippen LogP contribution in [0.4, 0.5) is 14.5 Å². The molecule has 2 aromatic rings. The van der Waals surface area contributed by atoms with Gasteiger partial charge in [0.05, 0.1) is 0 Å². The Morgan fingerprint density at radius 2 is 2.04 bits per heavy atom. The smallest absolute Gasteiger partial charge is 0.282 e. The number of benzene rings is 2. The molecule has 0 aromatic heterocycles. The minimum Gasteiger partial charge on any atom is -0.332 e. The number of carbonyl (C=O) groups is 1. The first-order chi connectivity index (χ1) is 11.1. The van der Waals surface area contributed by atoms with Gasteiger partial charge in [0.2, 0.25) is 0 Å². The van der Waals surface area contributed by atoms with E-state index in [2.05, 4.69) is 0 Å². The van der Waals surface area contributed by atoms with Crippen molar-refractivity contribution >= 4 is 11.6 Å². The van der Waals surface area contributed by atoms with Crippen LogP contribution in [-0.4, -0.2) is 19.0 Å². The van der Waals surface area contributed by atoms with E-state index in [0.29, 0.717) is 12.1 Å². The molecule has 1 atom stereocenters. The summed E-state index contributed by atoms with van der Waals surface area (Å²) < 4.78 is 26.7.